The van der Waals surface area contributed by atoms with Gasteiger partial charge < -0.3 is 4.74 Å². The smallest absolute Gasteiger partial charge is 0.142 e. The molecule has 0 spiro atoms. The van der Waals surface area contributed by atoms with Crippen LogP contribution in [0.1, 0.15) is 11.3 Å². The molecule has 0 bridgehead atoms. The van der Waals surface area contributed by atoms with Gasteiger partial charge in [-0.25, -0.2) is 4.39 Å². The second-order valence-corrected chi connectivity index (χ2v) is 5.86. The number of benzene rings is 1. The Balaban J connectivity index is 2.07. The molecule has 2 rings (SSSR count). The first-order valence-corrected chi connectivity index (χ1v) is 7.41. The van der Waals surface area contributed by atoms with Crippen molar-refractivity contribution in [1.29, 1.82) is 0 Å². The summed E-state index contributed by atoms with van der Waals surface area (Å²) in [5.74, 6) is 0.189. The van der Waals surface area contributed by atoms with Crippen molar-refractivity contribution < 1.29 is 9.13 Å². The van der Waals surface area contributed by atoms with Crippen LogP contribution in [-0.4, -0.2) is 11.6 Å². The molecule has 0 radical (unpaired) electrons. The second-order valence-electron chi connectivity index (χ2n) is 4.16. The third-order valence-electron chi connectivity index (χ3n) is 2.76. The molecule has 0 saturated carbocycles. The highest BCUT2D eigenvalue weighted by molar-refractivity contribution is 9.10. The van der Waals surface area contributed by atoms with E-state index in [0.717, 1.165) is 10.2 Å². The first-order chi connectivity index (χ1) is 9.49. The molecule has 20 heavy (non-hydrogen) atoms. The summed E-state index contributed by atoms with van der Waals surface area (Å²) in [6.45, 7) is 2.19. The van der Waals surface area contributed by atoms with E-state index in [9.17, 15) is 4.39 Å². The maximum absolute atomic E-state index is 13.4. The maximum Gasteiger partial charge on any atom is 0.142 e. The van der Waals surface area contributed by atoms with Gasteiger partial charge in [-0.3, -0.25) is 4.98 Å². The molecule has 0 fully saturated rings. The molecule has 1 aromatic heterocycles. The van der Waals surface area contributed by atoms with Crippen molar-refractivity contribution in [3.63, 3.8) is 0 Å². The highest BCUT2D eigenvalue weighted by atomic mass is 79.9. The molecule has 0 atom stereocenters. The lowest BCUT2D eigenvalue weighted by atomic mass is 10.1. The lowest BCUT2D eigenvalue weighted by Gasteiger charge is -2.11. The van der Waals surface area contributed by atoms with Crippen LogP contribution < -0.4 is 4.74 Å². The number of hydrogen-bond acceptors (Lipinski definition) is 2. The van der Waals surface area contributed by atoms with E-state index in [1.54, 1.807) is 6.20 Å². The molecule has 106 valence electrons. The Kier molecular flexibility index (Phi) is 5.24. The average Bonchev–Trinajstić information content (AvgIpc) is 2.42. The van der Waals surface area contributed by atoms with Gasteiger partial charge in [-0.05, 0) is 46.6 Å². The normalized spacial score (nSPS) is 10.7. The van der Waals surface area contributed by atoms with Gasteiger partial charge in [0.15, 0.2) is 0 Å². The van der Waals surface area contributed by atoms with Crippen LogP contribution in [0.15, 0.2) is 28.9 Å². The van der Waals surface area contributed by atoms with E-state index in [1.165, 1.54) is 12.1 Å². The number of halogens is 4. The summed E-state index contributed by atoms with van der Waals surface area (Å²) in [6, 6.07) is 4.57. The molecule has 0 aliphatic heterocycles. The van der Waals surface area contributed by atoms with Crippen molar-refractivity contribution in [2.45, 2.75) is 13.3 Å². The van der Waals surface area contributed by atoms with E-state index in [4.69, 9.17) is 27.9 Å². The third-order valence-corrected chi connectivity index (χ3v) is 3.95. The van der Waals surface area contributed by atoms with E-state index in [-0.39, 0.29) is 5.02 Å². The molecule has 2 aromatic rings. The van der Waals surface area contributed by atoms with Crippen molar-refractivity contribution >= 4 is 39.1 Å². The molecule has 6 heteroatoms. The van der Waals surface area contributed by atoms with Gasteiger partial charge in [0.25, 0.3) is 0 Å². The van der Waals surface area contributed by atoms with Gasteiger partial charge in [0.05, 0.1) is 17.3 Å². The van der Waals surface area contributed by atoms with E-state index in [0.29, 0.717) is 29.4 Å². The van der Waals surface area contributed by atoms with E-state index >= 15 is 0 Å². The predicted octanol–water partition coefficient (Wildman–Crippen LogP) is 5.22. The van der Waals surface area contributed by atoms with Crippen molar-refractivity contribution in [2.75, 3.05) is 6.61 Å². The number of ether oxygens (including phenoxy) is 1. The third kappa shape index (κ3) is 3.62. The first kappa shape index (κ1) is 15.5. The molecule has 0 unspecified atom stereocenters. The minimum Gasteiger partial charge on any atom is -0.491 e. The zero-order valence-corrected chi connectivity index (χ0v) is 13.7. The van der Waals surface area contributed by atoms with Gasteiger partial charge in [0.2, 0.25) is 0 Å². The Hall–Kier alpha value is -0.840. The quantitative estimate of drug-likeness (QED) is 0.680. The Labute approximate surface area is 135 Å². The fourth-order valence-electron chi connectivity index (χ4n) is 1.70. The highest BCUT2D eigenvalue weighted by Gasteiger charge is 2.11. The van der Waals surface area contributed by atoms with E-state index < -0.39 is 5.82 Å². The summed E-state index contributed by atoms with van der Waals surface area (Å²) in [7, 11) is 0. The van der Waals surface area contributed by atoms with Crippen LogP contribution in [0.5, 0.6) is 5.75 Å². The molecule has 1 heterocycles. The number of pyridine rings is 1. The number of rotatable bonds is 4. The standard InChI is InChI=1S/C14H11BrCl2FNO/c1-8-13(6-9(15)7-19-8)20-5-4-10-11(16)2-3-12(18)14(10)17/h2-3,6-7H,4-5H2,1H3. The lowest BCUT2D eigenvalue weighted by Crippen LogP contribution is -2.04. The van der Waals surface area contributed by atoms with Crippen LogP contribution in [0.3, 0.4) is 0 Å². The van der Waals surface area contributed by atoms with Gasteiger partial charge in [0.1, 0.15) is 11.6 Å². The van der Waals surface area contributed by atoms with Crippen molar-refractivity contribution in [3.05, 3.63) is 56.0 Å². The monoisotopic (exact) mass is 377 g/mol. The maximum atomic E-state index is 13.4. The van der Waals surface area contributed by atoms with Gasteiger partial charge >= 0.3 is 0 Å². The summed E-state index contributed by atoms with van der Waals surface area (Å²) in [5.41, 5.74) is 1.33. The van der Waals surface area contributed by atoms with E-state index in [2.05, 4.69) is 20.9 Å². The Morgan fingerprint density at radius 2 is 2.10 bits per heavy atom. The van der Waals surface area contributed by atoms with Crippen LogP contribution in [-0.2, 0) is 6.42 Å². The largest absolute Gasteiger partial charge is 0.491 e. The number of hydrogen-bond donors (Lipinski definition) is 0. The second kappa shape index (κ2) is 6.74. The van der Waals surface area contributed by atoms with Crippen LogP contribution >= 0.6 is 39.1 Å². The van der Waals surface area contributed by atoms with Crippen LogP contribution in [0.25, 0.3) is 0 Å². The fourth-order valence-corrected chi connectivity index (χ4v) is 2.57. The Morgan fingerprint density at radius 1 is 1.35 bits per heavy atom. The lowest BCUT2D eigenvalue weighted by molar-refractivity contribution is 0.318. The topological polar surface area (TPSA) is 22.1 Å². The molecule has 1 aromatic carbocycles. The van der Waals surface area contributed by atoms with Crippen LogP contribution in [0.4, 0.5) is 4.39 Å². The zero-order chi connectivity index (χ0) is 14.7. The molecular formula is C14H11BrCl2FNO. The van der Waals surface area contributed by atoms with Crippen LogP contribution in [0, 0.1) is 12.7 Å². The number of aryl methyl sites for hydroxylation is 1. The Morgan fingerprint density at radius 3 is 2.85 bits per heavy atom. The van der Waals surface area contributed by atoms with Crippen molar-refractivity contribution in [1.82, 2.24) is 4.98 Å². The summed E-state index contributed by atoms with van der Waals surface area (Å²) >= 11 is 15.2. The molecule has 0 aliphatic carbocycles. The summed E-state index contributed by atoms with van der Waals surface area (Å²) in [6.07, 6.45) is 2.11. The van der Waals surface area contributed by atoms with Gasteiger partial charge in [-0.15, -0.1) is 0 Å². The van der Waals surface area contributed by atoms with Crippen molar-refractivity contribution in [3.8, 4) is 5.75 Å². The number of aromatic nitrogens is 1. The minimum atomic E-state index is -0.480. The summed E-state index contributed by atoms with van der Waals surface area (Å²) in [4.78, 5) is 4.17. The van der Waals surface area contributed by atoms with Gasteiger partial charge in [-0.1, -0.05) is 23.2 Å². The SMILES string of the molecule is Cc1ncc(Br)cc1OCCc1c(Cl)ccc(F)c1Cl. The summed E-state index contributed by atoms with van der Waals surface area (Å²) < 4.78 is 19.9. The molecule has 0 amide bonds. The molecule has 0 aliphatic rings. The predicted molar refractivity (Wildman–Crippen MR) is 82.3 cm³/mol. The van der Waals surface area contributed by atoms with Gasteiger partial charge in [0, 0.05) is 22.1 Å². The van der Waals surface area contributed by atoms with Crippen molar-refractivity contribution in [2.24, 2.45) is 0 Å². The van der Waals surface area contributed by atoms with Gasteiger partial charge in [-0.2, -0.15) is 0 Å². The highest BCUT2D eigenvalue weighted by Crippen LogP contribution is 2.28. The fraction of sp³-hybridized carbons (Fsp3) is 0.214. The zero-order valence-electron chi connectivity index (χ0n) is 10.6. The van der Waals surface area contributed by atoms with E-state index in [1.807, 2.05) is 13.0 Å². The minimum absolute atomic E-state index is 0.0465. The molecule has 0 N–H and O–H groups in total. The summed E-state index contributed by atoms with van der Waals surface area (Å²) in [5, 5.41) is 0.481. The first-order valence-electron chi connectivity index (χ1n) is 5.86. The number of nitrogens with zero attached hydrogens (tertiary/aromatic N) is 1. The average molecular weight is 379 g/mol. The van der Waals surface area contributed by atoms with Crippen LogP contribution in [0.2, 0.25) is 10.0 Å². The molecular weight excluding hydrogens is 368 g/mol. The molecule has 2 nitrogen and oxygen atoms in total. The Bertz CT molecular complexity index is 637. The molecule has 0 saturated heterocycles.